The predicted molar refractivity (Wildman–Crippen MR) is 77.0 cm³/mol. The molecule has 2 aromatic heterocycles. The van der Waals surface area contributed by atoms with Gasteiger partial charge < -0.3 is 20.1 Å². The SMILES string of the molecule is CN(C)c1ccc2[nH]c(-c3ccc(O)c(O)c3)nc2n1. The van der Waals surface area contributed by atoms with E-state index < -0.39 is 0 Å². The number of rotatable bonds is 2. The summed E-state index contributed by atoms with van der Waals surface area (Å²) in [5.74, 6) is 1.09. The number of hydrogen-bond donors (Lipinski definition) is 3. The van der Waals surface area contributed by atoms with E-state index in [9.17, 15) is 10.2 Å². The Balaban J connectivity index is 2.10. The molecule has 6 heteroatoms. The first kappa shape index (κ1) is 12.3. The summed E-state index contributed by atoms with van der Waals surface area (Å²) in [6.07, 6.45) is 0. The van der Waals surface area contributed by atoms with Crippen LogP contribution in [0.15, 0.2) is 30.3 Å². The molecule has 0 saturated carbocycles. The monoisotopic (exact) mass is 270 g/mol. The minimum atomic E-state index is -0.176. The van der Waals surface area contributed by atoms with Crippen molar-refractivity contribution in [3.8, 4) is 22.9 Å². The number of aromatic hydroxyl groups is 2. The van der Waals surface area contributed by atoms with Crippen molar-refractivity contribution < 1.29 is 10.2 Å². The number of phenolic OH excluding ortho intramolecular Hbond substituents is 2. The highest BCUT2D eigenvalue weighted by molar-refractivity contribution is 5.78. The lowest BCUT2D eigenvalue weighted by Crippen LogP contribution is -2.10. The number of hydrogen-bond acceptors (Lipinski definition) is 5. The number of fused-ring (bicyclic) bond motifs is 1. The van der Waals surface area contributed by atoms with Crippen LogP contribution in [0.25, 0.3) is 22.6 Å². The molecule has 0 radical (unpaired) electrons. The lowest BCUT2D eigenvalue weighted by molar-refractivity contribution is 0.404. The zero-order valence-electron chi connectivity index (χ0n) is 11.1. The third kappa shape index (κ3) is 2.01. The van der Waals surface area contributed by atoms with Gasteiger partial charge in [-0.05, 0) is 30.3 Å². The van der Waals surface area contributed by atoms with Gasteiger partial charge in [0.1, 0.15) is 11.6 Å². The third-order valence-electron chi connectivity index (χ3n) is 3.04. The van der Waals surface area contributed by atoms with Crippen molar-refractivity contribution in [1.82, 2.24) is 15.0 Å². The van der Waals surface area contributed by atoms with Gasteiger partial charge in [-0.3, -0.25) is 0 Å². The van der Waals surface area contributed by atoms with Crippen LogP contribution in [-0.2, 0) is 0 Å². The molecule has 1 aromatic carbocycles. The van der Waals surface area contributed by atoms with Crippen LogP contribution in [0.2, 0.25) is 0 Å². The first-order valence-electron chi connectivity index (χ1n) is 6.11. The molecule has 3 aromatic rings. The van der Waals surface area contributed by atoms with E-state index in [2.05, 4.69) is 15.0 Å². The van der Waals surface area contributed by atoms with Crippen LogP contribution in [0.1, 0.15) is 0 Å². The molecule has 0 saturated heterocycles. The first-order valence-corrected chi connectivity index (χ1v) is 6.11. The second kappa shape index (κ2) is 4.41. The van der Waals surface area contributed by atoms with Gasteiger partial charge in [0, 0.05) is 19.7 Å². The van der Waals surface area contributed by atoms with Crippen LogP contribution in [0.4, 0.5) is 5.82 Å². The second-order valence-electron chi connectivity index (χ2n) is 4.72. The molecule has 0 fully saturated rings. The number of pyridine rings is 1. The Bertz CT molecular complexity index is 780. The lowest BCUT2D eigenvalue weighted by atomic mass is 10.2. The van der Waals surface area contributed by atoms with Gasteiger partial charge in [0.15, 0.2) is 17.1 Å². The van der Waals surface area contributed by atoms with Crippen molar-refractivity contribution >= 4 is 17.0 Å². The minimum Gasteiger partial charge on any atom is -0.504 e. The fourth-order valence-electron chi connectivity index (χ4n) is 1.94. The summed E-state index contributed by atoms with van der Waals surface area (Å²) in [5.41, 5.74) is 2.11. The third-order valence-corrected chi connectivity index (χ3v) is 3.04. The van der Waals surface area contributed by atoms with Gasteiger partial charge in [-0.2, -0.15) is 0 Å². The van der Waals surface area contributed by atoms with Crippen molar-refractivity contribution in [2.45, 2.75) is 0 Å². The number of aromatic nitrogens is 3. The van der Waals surface area contributed by atoms with Gasteiger partial charge in [-0.25, -0.2) is 9.97 Å². The molecule has 102 valence electrons. The van der Waals surface area contributed by atoms with Crippen LogP contribution in [-0.4, -0.2) is 39.3 Å². The number of H-pyrrole nitrogens is 1. The maximum atomic E-state index is 9.54. The molecule has 0 unspecified atom stereocenters. The molecule has 0 spiro atoms. The lowest BCUT2D eigenvalue weighted by Gasteiger charge is -2.09. The minimum absolute atomic E-state index is 0.155. The van der Waals surface area contributed by atoms with Crippen LogP contribution < -0.4 is 4.90 Å². The number of nitrogens with one attached hydrogen (secondary N) is 1. The summed E-state index contributed by atoms with van der Waals surface area (Å²) in [7, 11) is 3.83. The molecule has 2 heterocycles. The molecular formula is C14H14N4O2. The number of phenols is 2. The molecule has 0 aliphatic rings. The largest absolute Gasteiger partial charge is 0.504 e. The predicted octanol–water partition coefficient (Wildman–Crippen LogP) is 2.10. The number of imidazole rings is 1. The van der Waals surface area contributed by atoms with E-state index in [0.717, 1.165) is 11.3 Å². The first-order chi connectivity index (χ1) is 9.54. The van der Waals surface area contributed by atoms with Crippen LogP contribution >= 0.6 is 0 Å². The number of benzene rings is 1. The topological polar surface area (TPSA) is 85.3 Å². The average molecular weight is 270 g/mol. The molecule has 20 heavy (non-hydrogen) atoms. The Morgan fingerprint density at radius 1 is 1.00 bits per heavy atom. The Morgan fingerprint density at radius 3 is 2.50 bits per heavy atom. The Hall–Kier alpha value is -2.76. The molecule has 6 nitrogen and oxygen atoms in total. The molecule has 0 amide bonds. The summed E-state index contributed by atoms with van der Waals surface area (Å²) in [5, 5.41) is 18.9. The maximum absolute atomic E-state index is 9.54. The molecule has 3 rings (SSSR count). The Morgan fingerprint density at radius 2 is 1.80 bits per heavy atom. The van der Waals surface area contributed by atoms with Gasteiger partial charge in [-0.1, -0.05) is 0 Å². The summed E-state index contributed by atoms with van der Waals surface area (Å²) >= 11 is 0. The molecule has 0 aliphatic carbocycles. The van der Waals surface area contributed by atoms with E-state index in [4.69, 9.17) is 0 Å². The molecule has 0 aliphatic heterocycles. The Labute approximate surface area is 115 Å². The number of anilines is 1. The van der Waals surface area contributed by atoms with Crippen LogP contribution in [0.3, 0.4) is 0 Å². The van der Waals surface area contributed by atoms with E-state index in [1.807, 2.05) is 31.1 Å². The summed E-state index contributed by atoms with van der Waals surface area (Å²) in [6.45, 7) is 0. The number of aromatic amines is 1. The van der Waals surface area contributed by atoms with E-state index in [0.29, 0.717) is 17.0 Å². The zero-order chi connectivity index (χ0) is 14.3. The fourth-order valence-corrected chi connectivity index (χ4v) is 1.94. The second-order valence-corrected chi connectivity index (χ2v) is 4.72. The molecule has 0 bridgehead atoms. The van der Waals surface area contributed by atoms with E-state index in [1.165, 1.54) is 12.1 Å². The summed E-state index contributed by atoms with van der Waals surface area (Å²) < 4.78 is 0. The van der Waals surface area contributed by atoms with Gasteiger partial charge in [0.25, 0.3) is 0 Å². The smallest absolute Gasteiger partial charge is 0.180 e. The van der Waals surface area contributed by atoms with Crippen molar-refractivity contribution in [3.63, 3.8) is 0 Å². The standard InChI is InChI=1S/C14H14N4O2/c1-18(2)12-6-4-9-14(16-12)17-13(15-9)8-3-5-10(19)11(20)7-8/h3-7,19-20H,1-2H3,(H,15,16,17). The van der Waals surface area contributed by atoms with Gasteiger partial charge >= 0.3 is 0 Å². The van der Waals surface area contributed by atoms with Crippen molar-refractivity contribution in [2.75, 3.05) is 19.0 Å². The average Bonchev–Trinajstić information content (AvgIpc) is 2.84. The van der Waals surface area contributed by atoms with Gasteiger partial charge in [0.2, 0.25) is 0 Å². The van der Waals surface area contributed by atoms with E-state index >= 15 is 0 Å². The fraction of sp³-hybridized carbons (Fsp3) is 0.143. The van der Waals surface area contributed by atoms with Crippen molar-refractivity contribution in [3.05, 3.63) is 30.3 Å². The van der Waals surface area contributed by atoms with Gasteiger partial charge in [0.05, 0.1) is 5.52 Å². The quantitative estimate of drug-likeness (QED) is 0.621. The van der Waals surface area contributed by atoms with Crippen LogP contribution in [0.5, 0.6) is 11.5 Å². The molecular weight excluding hydrogens is 256 g/mol. The Kier molecular flexibility index (Phi) is 2.71. The van der Waals surface area contributed by atoms with Crippen LogP contribution in [0, 0.1) is 0 Å². The molecule has 3 N–H and O–H groups in total. The normalized spacial score (nSPS) is 10.9. The highest BCUT2D eigenvalue weighted by Crippen LogP contribution is 2.30. The van der Waals surface area contributed by atoms with Crippen molar-refractivity contribution in [2.24, 2.45) is 0 Å². The highest BCUT2D eigenvalue weighted by Gasteiger charge is 2.09. The zero-order valence-corrected chi connectivity index (χ0v) is 11.1. The van der Waals surface area contributed by atoms with E-state index in [1.54, 1.807) is 6.07 Å². The highest BCUT2D eigenvalue weighted by atomic mass is 16.3. The molecule has 0 atom stereocenters. The van der Waals surface area contributed by atoms with Crippen molar-refractivity contribution in [1.29, 1.82) is 0 Å². The summed E-state index contributed by atoms with van der Waals surface area (Å²) in [6, 6.07) is 8.38. The van der Waals surface area contributed by atoms with E-state index in [-0.39, 0.29) is 11.5 Å². The van der Waals surface area contributed by atoms with Gasteiger partial charge in [-0.15, -0.1) is 0 Å². The number of nitrogens with zero attached hydrogens (tertiary/aromatic N) is 3. The maximum Gasteiger partial charge on any atom is 0.180 e. The summed E-state index contributed by atoms with van der Waals surface area (Å²) in [4.78, 5) is 13.9.